The topological polar surface area (TPSA) is 54.0 Å². The summed E-state index contributed by atoms with van der Waals surface area (Å²) in [6.07, 6.45) is 4.31. The summed E-state index contributed by atoms with van der Waals surface area (Å²) in [5, 5.41) is 2.94. The molecule has 0 aliphatic carbocycles. The number of hydrogen-bond donors (Lipinski definition) is 1. The van der Waals surface area contributed by atoms with E-state index in [4.69, 9.17) is 9.47 Å². The highest BCUT2D eigenvalue weighted by Gasteiger charge is 2.20. The fraction of sp³-hybridized carbons (Fsp3) is 0.318. The van der Waals surface area contributed by atoms with Gasteiger partial charge in [-0.1, -0.05) is 42.5 Å². The monoisotopic (exact) mass is 381 g/mol. The quantitative estimate of drug-likeness (QED) is 0.831. The molecule has 1 aliphatic heterocycles. The number of methoxy groups -OCH3 is 2. The molecule has 0 spiro atoms. The van der Waals surface area contributed by atoms with Crippen LogP contribution in [0.2, 0.25) is 0 Å². The summed E-state index contributed by atoms with van der Waals surface area (Å²) in [6.45, 7) is 4.00. The van der Waals surface area contributed by atoms with Gasteiger partial charge in [-0.15, -0.1) is 0 Å². The lowest BCUT2D eigenvalue weighted by molar-refractivity contribution is 0.156. The van der Waals surface area contributed by atoms with Crippen molar-refractivity contribution in [3.8, 4) is 11.5 Å². The predicted octanol–water partition coefficient (Wildman–Crippen LogP) is 3.57. The molecule has 0 atom stereocenters. The first kappa shape index (κ1) is 19.8. The van der Waals surface area contributed by atoms with Gasteiger partial charge in [0, 0.05) is 56.6 Å². The molecule has 2 aromatic rings. The average Bonchev–Trinajstić information content (AvgIpc) is 2.74. The van der Waals surface area contributed by atoms with E-state index in [1.54, 1.807) is 32.4 Å². The summed E-state index contributed by atoms with van der Waals surface area (Å²) in [6, 6.07) is 15.5. The van der Waals surface area contributed by atoms with Gasteiger partial charge in [-0.3, -0.25) is 4.90 Å². The second-order valence-corrected chi connectivity index (χ2v) is 6.63. The van der Waals surface area contributed by atoms with Crippen LogP contribution in [0.1, 0.15) is 5.56 Å². The molecular formula is C22H27N3O3. The van der Waals surface area contributed by atoms with E-state index in [9.17, 15) is 4.79 Å². The molecular weight excluding hydrogens is 354 g/mol. The number of benzene rings is 2. The number of urea groups is 1. The third-order valence-corrected chi connectivity index (χ3v) is 4.74. The molecule has 6 nitrogen and oxygen atoms in total. The van der Waals surface area contributed by atoms with Crippen molar-refractivity contribution in [2.24, 2.45) is 0 Å². The highest BCUT2D eigenvalue weighted by atomic mass is 16.5. The number of nitrogens with one attached hydrogen (secondary N) is 1. The summed E-state index contributed by atoms with van der Waals surface area (Å²) in [5.74, 6) is 1.29. The van der Waals surface area contributed by atoms with Crippen molar-refractivity contribution in [3.63, 3.8) is 0 Å². The number of piperazine rings is 1. The van der Waals surface area contributed by atoms with E-state index in [1.807, 2.05) is 23.1 Å². The Morgan fingerprint density at radius 1 is 1.00 bits per heavy atom. The van der Waals surface area contributed by atoms with Gasteiger partial charge in [-0.2, -0.15) is 0 Å². The highest BCUT2D eigenvalue weighted by molar-refractivity contribution is 5.90. The lowest BCUT2D eigenvalue weighted by Crippen LogP contribution is -2.49. The van der Waals surface area contributed by atoms with Gasteiger partial charge < -0.3 is 19.7 Å². The molecule has 1 fully saturated rings. The maximum Gasteiger partial charge on any atom is 0.321 e. The molecule has 1 heterocycles. The van der Waals surface area contributed by atoms with Crippen molar-refractivity contribution >= 4 is 17.8 Å². The molecule has 0 aromatic heterocycles. The Morgan fingerprint density at radius 2 is 1.64 bits per heavy atom. The van der Waals surface area contributed by atoms with Gasteiger partial charge >= 0.3 is 6.03 Å². The minimum absolute atomic E-state index is 0.102. The van der Waals surface area contributed by atoms with Gasteiger partial charge in [0.25, 0.3) is 0 Å². The Bertz CT molecular complexity index is 778. The predicted molar refractivity (Wildman–Crippen MR) is 112 cm³/mol. The summed E-state index contributed by atoms with van der Waals surface area (Å²) >= 11 is 0. The average molecular weight is 381 g/mol. The van der Waals surface area contributed by atoms with E-state index in [-0.39, 0.29) is 6.03 Å². The zero-order valence-electron chi connectivity index (χ0n) is 16.4. The summed E-state index contributed by atoms with van der Waals surface area (Å²) in [4.78, 5) is 16.8. The van der Waals surface area contributed by atoms with Crippen LogP contribution in [-0.4, -0.2) is 62.8 Å². The van der Waals surface area contributed by atoms with Gasteiger partial charge in [0.2, 0.25) is 0 Å². The van der Waals surface area contributed by atoms with Crippen molar-refractivity contribution in [2.75, 3.05) is 52.3 Å². The smallest absolute Gasteiger partial charge is 0.321 e. The van der Waals surface area contributed by atoms with Crippen LogP contribution >= 0.6 is 0 Å². The Kier molecular flexibility index (Phi) is 6.92. The van der Waals surface area contributed by atoms with Crippen molar-refractivity contribution < 1.29 is 14.3 Å². The van der Waals surface area contributed by atoms with Crippen LogP contribution < -0.4 is 14.8 Å². The first-order valence-electron chi connectivity index (χ1n) is 9.41. The van der Waals surface area contributed by atoms with Crippen LogP contribution in [0.4, 0.5) is 10.5 Å². The van der Waals surface area contributed by atoms with E-state index in [0.717, 1.165) is 19.6 Å². The molecule has 1 N–H and O–H groups in total. The fourth-order valence-electron chi connectivity index (χ4n) is 3.12. The van der Waals surface area contributed by atoms with Crippen molar-refractivity contribution in [1.29, 1.82) is 0 Å². The molecule has 2 aromatic carbocycles. The normalized spacial score (nSPS) is 14.9. The lowest BCUT2D eigenvalue weighted by atomic mass is 10.2. The maximum atomic E-state index is 12.6. The molecule has 0 radical (unpaired) electrons. The summed E-state index contributed by atoms with van der Waals surface area (Å²) in [7, 11) is 3.18. The molecule has 3 rings (SSSR count). The zero-order valence-corrected chi connectivity index (χ0v) is 16.4. The van der Waals surface area contributed by atoms with E-state index < -0.39 is 0 Å². The number of amides is 2. The Labute approximate surface area is 166 Å². The summed E-state index contributed by atoms with van der Waals surface area (Å²) in [5.41, 5.74) is 1.86. The standard InChI is InChI=1S/C22H27N3O3/c1-27-20-15-19(16-21(17-20)28-2)23-22(26)25-13-11-24(12-14-25)10-6-9-18-7-4-3-5-8-18/h3-9,15-17H,10-14H2,1-2H3,(H,23,26)/b9-6+. The molecule has 6 heteroatoms. The molecule has 0 bridgehead atoms. The Balaban J connectivity index is 1.48. The Morgan fingerprint density at radius 3 is 2.25 bits per heavy atom. The number of carbonyl (C=O) groups is 1. The lowest BCUT2D eigenvalue weighted by Gasteiger charge is -2.34. The molecule has 0 unspecified atom stereocenters. The third kappa shape index (κ3) is 5.50. The minimum atomic E-state index is -0.102. The molecule has 0 saturated carbocycles. The van der Waals surface area contributed by atoms with Gasteiger partial charge in [0.05, 0.1) is 14.2 Å². The first-order valence-corrected chi connectivity index (χ1v) is 9.41. The molecule has 28 heavy (non-hydrogen) atoms. The van der Waals surface area contributed by atoms with Gasteiger partial charge in [0.1, 0.15) is 11.5 Å². The number of ether oxygens (including phenoxy) is 2. The van der Waals surface area contributed by atoms with Gasteiger partial charge in [0.15, 0.2) is 0 Å². The fourth-order valence-corrected chi connectivity index (χ4v) is 3.12. The largest absolute Gasteiger partial charge is 0.497 e. The molecule has 1 saturated heterocycles. The van der Waals surface area contributed by atoms with E-state index >= 15 is 0 Å². The number of rotatable bonds is 6. The maximum absolute atomic E-state index is 12.6. The summed E-state index contributed by atoms with van der Waals surface area (Å²) < 4.78 is 10.5. The van der Waals surface area contributed by atoms with Crippen molar-refractivity contribution in [1.82, 2.24) is 9.80 Å². The first-order chi connectivity index (χ1) is 13.7. The molecule has 1 aliphatic rings. The minimum Gasteiger partial charge on any atom is -0.497 e. The Hall–Kier alpha value is -2.99. The van der Waals surface area contributed by atoms with Gasteiger partial charge in [-0.25, -0.2) is 4.79 Å². The highest BCUT2D eigenvalue weighted by Crippen LogP contribution is 2.26. The third-order valence-electron chi connectivity index (χ3n) is 4.74. The second kappa shape index (κ2) is 9.80. The van der Waals surface area contributed by atoms with Crippen LogP contribution in [-0.2, 0) is 0 Å². The van der Waals surface area contributed by atoms with Crippen molar-refractivity contribution in [2.45, 2.75) is 0 Å². The number of anilines is 1. The van der Waals surface area contributed by atoms with Crippen LogP contribution in [0.3, 0.4) is 0 Å². The number of hydrogen-bond acceptors (Lipinski definition) is 4. The zero-order chi connectivity index (χ0) is 19.8. The van der Waals surface area contributed by atoms with E-state index in [0.29, 0.717) is 30.3 Å². The molecule has 148 valence electrons. The van der Waals surface area contributed by atoms with Gasteiger partial charge in [-0.05, 0) is 5.56 Å². The van der Waals surface area contributed by atoms with Crippen LogP contribution in [0.15, 0.2) is 54.6 Å². The SMILES string of the molecule is COc1cc(NC(=O)N2CCN(C/C=C/c3ccccc3)CC2)cc(OC)c1. The number of nitrogens with zero attached hydrogens (tertiary/aromatic N) is 2. The molecule has 2 amide bonds. The van der Waals surface area contributed by atoms with E-state index in [1.165, 1.54) is 5.56 Å². The van der Waals surface area contributed by atoms with E-state index in [2.05, 4.69) is 34.5 Å². The van der Waals surface area contributed by atoms with Crippen LogP contribution in [0.25, 0.3) is 6.08 Å². The number of carbonyl (C=O) groups excluding carboxylic acids is 1. The van der Waals surface area contributed by atoms with Crippen LogP contribution in [0.5, 0.6) is 11.5 Å². The second-order valence-electron chi connectivity index (χ2n) is 6.63. The van der Waals surface area contributed by atoms with Crippen LogP contribution in [0, 0.1) is 0 Å². The van der Waals surface area contributed by atoms with Crippen molar-refractivity contribution in [3.05, 3.63) is 60.2 Å².